The van der Waals surface area contributed by atoms with Crippen LogP contribution in [0.4, 0.5) is 4.79 Å². The molecule has 0 fully saturated rings. The Hall–Kier alpha value is -1.10. The fourth-order valence-electron chi connectivity index (χ4n) is 0.440. The summed E-state index contributed by atoms with van der Waals surface area (Å²) in [7, 11) is 0. The molecular weight excluding hydrogens is 174 g/mol. The summed E-state index contributed by atoms with van der Waals surface area (Å²) >= 11 is 0. The molecule has 0 aliphatic heterocycles. The molecule has 0 aliphatic rings. The normalized spacial score (nSPS) is 13.2. The van der Waals surface area contributed by atoms with E-state index in [9.17, 15) is 9.59 Å². The summed E-state index contributed by atoms with van der Waals surface area (Å²) in [4.78, 5) is 25.4. The van der Waals surface area contributed by atoms with Crippen molar-refractivity contribution in [3.05, 3.63) is 0 Å². The van der Waals surface area contributed by atoms with Crippen molar-refractivity contribution >= 4 is 12.4 Å². The highest BCUT2D eigenvalue weighted by atomic mass is 16.8. The van der Waals surface area contributed by atoms with Crippen LogP contribution in [0.3, 0.4) is 0 Å². The highest BCUT2D eigenvalue weighted by molar-refractivity contribution is 5.61. The molecule has 0 amide bonds. The highest BCUT2D eigenvalue weighted by Crippen LogP contribution is 2.07. The molecule has 0 saturated heterocycles. The number of carbonyl (C=O) groups excluding carboxylic acids is 2. The SMILES string of the molecule is CC(C=O)NOC(=O)OC(C)(C)C. The van der Waals surface area contributed by atoms with Gasteiger partial charge in [-0.1, -0.05) is 0 Å². The van der Waals surface area contributed by atoms with Crippen molar-refractivity contribution in [2.75, 3.05) is 0 Å². The van der Waals surface area contributed by atoms with Crippen molar-refractivity contribution in [3.8, 4) is 0 Å². The monoisotopic (exact) mass is 189 g/mol. The van der Waals surface area contributed by atoms with Gasteiger partial charge in [0.05, 0.1) is 6.04 Å². The fourth-order valence-corrected chi connectivity index (χ4v) is 0.440. The van der Waals surface area contributed by atoms with E-state index in [-0.39, 0.29) is 0 Å². The summed E-state index contributed by atoms with van der Waals surface area (Å²) in [6, 6.07) is -0.535. The third-order valence-corrected chi connectivity index (χ3v) is 0.922. The molecule has 1 atom stereocenters. The van der Waals surface area contributed by atoms with E-state index in [1.165, 1.54) is 0 Å². The minimum atomic E-state index is -0.846. The van der Waals surface area contributed by atoms with Crippen molar-refractivity contribution in [2.45, 2.75) is 39.3 Å². The molecule has 5 heteroatoms. The molecule has 0 heterocycles. The van der Waals surface area contributed by atoms with Crippen LogP contribution < -0.4 is 5.48 Å². The number of hydroxylamine groups is 1. The van der Waals surface area contributed by atoms with Crippen molar-refractivity contribution in [1.29, 1.82) is 0 Å². The van der Waals surface area contributed by atoms with Gasteiger partial charge >= 0.3 is 6.16 Å². The predicted octanol–water partition coefficient (Wildman–Crippen LogP) is 1.03. The van der Waals surface area contributed by atoms with E-state index in [4.69, 9.17) is 4.74 Å². The topological polar surface area (TPSA) is 64.6 Å². The zero-order chi connectivity index (χ0) is 10.5. The molecule has 1 unspecified atom stereocenters. The van der Waals surface area contributed by atoms with E-state index < -0.39 is 17.8 Å². The van der Waals surface area contributed by atoms with Gasteiger partial charge in [-0.25, -0.2) is 4.79 Å². The first-order chi connectivity index (χ1) is 5.85. The van der Waals surface area contributed by atoms with Gasteiger partial charge in [0, 0.05) is 0 Å². The second-order valence-corrected chi connectivity index (χ2v) is 3.61. The smallest absolute Gasteiger partial charge is 0.427 e. The minimum absolute atomic E-state index is 0.535. The third kappa shape index (κ3) is 7.27. The Labute approximate surface area is 77.3 Å². The standard InChI is InChI=1S/C8H15NO4/c1-6(5-10)9-13-7(11)12-8(2,3)4/h5-6,9H,1-4H3. The van der Waals surface area contributed by atoms with E-state index in [1.807, 2.05) is 0 Å². The molecule has 0 rings (SSSR count). The summed E-state index contributed by atoms with van der Waals surface area (Å²) in [6.45, 7) is 6.71. The van der Waals surface area contributed by atoms with Crippen molar-refractivity contribution in [1.82, 2.24) is 5.48 Å². The summed E-state index contributed by atoms with van der Waals surface area (Å²) in [5.74, 6) is 0. The van der Waals surface area contributed by atoms with Crippen LogP contribution >= 0.6 is 0 Å². The molecule has 1 N–H and O–H groups in total. The lowest BCUT2D eigenvalue weighted by Gasteiger charge is -2.18. The van der Waals surface area contributed by atoms with Gasteiger partial charge in [-0.05, 0) is 27.7 Å². The van der Waals surface area contributed by atoms with Crippen molar-refractivity contribution in [2.24, 2.45) is 0 Å². The van der Waals surface area contributed by atoms with E-state index >= 15 is 0 Å². The molecule has 13 heavy (non-hydrogen) atoms. The van der Waals surface area contributed by atoms with Crippen LogP contribution in [0.2, 0.25) is 0 Å². The summed E-state index contributed by atoms with van der Waals surface area (Å²) < 4.78 is 4.79. The maximum atomic E-state index is 10.9. The van der Waals surface area contributed by atoms with Crippen LogP contribution in [0.1, 0.15) is 27.7 Å². The van der Waals surface area contributed by atoms with Gasteiger partial charge in [-0.15, -0.1) is 5.48 Å². The largest absolute Gasteiger partial charge is 0.528 e. The second-order valence-electron chi connectivity index (χ2n) is 3.61. The zero-order valence-electron chi connectivity index (χ0n) is 8.29. The number of carbonyl (C=O) groups is 2. The van der Waals surface area contributed by atoms with Crippen molar-refractivity contribution in [3.63, 3.8) is 0 Å². The predicted molar refractivity (Wildman–Crippen MR) is 46.0 cm³/mol. The molecule has 0 aliphatic carbocycles. The molecule has 0 bridgehead atoms. The minimum Gasteiger partial charge on any atom is -0.427 e. The molecular formula is C8H15NO4. The number of rotatable bonds is 3. The van der Waals surface area contributed by atoms with Crippen LogP contribution in [0.15, 0.2) is 0 Å². The Kier molecular flexibility index (Phi) is 4.40. The van der Waals surface area contributed by atoms with E-state index in [0.717, 1.165) is 0 Å². The van der Waals surface area contributed by atoms with Gasteiger partial charge in [0.15, 0.2) is 0 Å². The lowest BCUT2D eigenvalue weighted by atomic mass is 10.2. The molecule has 0 spiro atoms. The molecule has 76 valence electrons. The van der Waals surface area contributed by atoms with Crippen LogP contribution in [-0.4, -0.2) is 24.1 Å². The number of aldehydes is 1. The van der Waals surface area contributed by atoms with Gasteiger partial charge in [-0.3, -0.25) is 0 Å². The number of ether oxygens (including phenoxy) is 1. The van der Waals surface area contributed by atoms with Crippen LogP contribution in [0.25, 0.3) is 0 Å². The maximum Gasteiger partial charge on any atom is 0.528 e. The van der Waals surface area contributed by atoms with Gasteiger partial charge in [0.1, 0.15) is 11.9 Å². The molecule has 0 aromatic heterocycles. The molecule has 0 radical (unpaired) electrons. The van der Waals surface area contributed by atoms with Crippen LogP contribution in [0.5, 0.6) is 0 Å². The van der Waals surface area contributed by atoms with Crippen LogP contribution in [0, 0.1) is 0 Å². The first-order valence-electron chi connectivity index (χ1n) is 3.96. The summed E-state index contributed by atoms with van der Waals surface area (Å²) in [5, 5.41) is 0. The number of nitrogens with one attached hydrogen (secondary N) is 1. The summed E-state index contributed by atoms with van der Waals surface area (Å²) in [5.41, 5.74) is 1.62. The van der Waals surface area contributed by atoms with Crippen LogP contribution in [-0.2, 0) is 14.4 Å². The van der Waals surface area contributed by atoms with E-state index in [2.05, 4.69) is 10.3 Å². The Balaban J connectivity index is 3.70. The summed E-state index contributed by atoms with van der Waals surface area (Å²) in [6.07, 6.45) is -0.231. The first kappa shape index (κ1) is 11.9. The Morgan fingerprint density at radius 1 is 1.46 bits per heavy atom. The first-order valence-corrected chi connectivity index (χ1v) is 3.96. The lowest BCUT2D eigenvalue weighted by Crippen LogP contribution is -2.33. The Morgan fingerprint density at radius 3 is 2.38 bits per heavy atom. The average molecular weight is 189 g/mol. The van der Waals surface area contributed by atoms with Gasteiger partial charge in [0.25, 0.3) is 0 Å². The molecule has 0 aromatic carbocycles. The average Bonchev–Trinajstić information content (AvgIpc) is 1.97. The Morgan fingerprint density at radius 2 is 2.00 bits per heavy atom. The quantitative estimate of drug-likeness (QED) is 0.408. The molecule has 0 aromatic rings. The zero-order valence-corrected chi connectivity index (χ0v) is 8.29. The maximum absolute atomic E-state index is 10.9. The molecule has 5 nitrogen and oxygen atoms in total. The van der Waals surface area contributed by atoms with Gasteiger partial charge in [-0.2, -0.15) is 0 Å². The third-order valence-electron chi connectivity index (χ3n) is 0.922. The lowest BCUT2D eigenvalue weighted by molar-refractivity contribution is -0.112. The fraction of sp³-hybridized carbons (Fsp3) is 0.750. The van der Waals surface area contributed by atoms with Crippen molar-refractivity contribution < 1.29 is 19.2 Å². The number of hydrogen-bond donors (Lipinski definition) is 1. The van der Waals surface area contributed by atoms with Gasteiger partial charge < -0.3 is 14.4 Å². The van der Waals surface area contributed by atoms with E-state index in [0.29, 0.717) is 6.29 Å². The molecule has 0 saturated carbocycles. The van der Waals surface area contributed by atoms with Gasteiger partial charge in [0.2, 0.25) is 0 Å². The van der Waals surface area contributed by atoms with E-state index in [1.54, 1.807) is 27.7 Å². The number of hydrogen-bond acceptors (Lipinski definition) is 5. The Bertz CT molecular complexity index is 185. The highest BCUT2D eigenvalue weighted by Gasteiger charge is 2.17. The second kappa shape index (κ2) is 4.81.